The SMILES string of the molecule is Cc1cc(N)ccc1S(=O)Cc1cccc(C#N)c1. The number of aryl methyl sites for hydroxylation is 1. The van der Waals surface area contributed by atoms with Crippen LogP contribution in [-0.4, -0.2) is 4.21 Å². The first-order chi connectivity index (χ1) is 9.10. The molecule has 0 aliphatic heterocycles. The van der Waals surface area contributed by atoms with Crippen molar-refractivity contribution in [2.24, 2.45) is 0 Å². The summed E-state index contributed by atoms with van der Waals surface area (Å²) in [7, 11) is -1.13. The van der Waals surface area contributed by atoms with Gasteiger partial charge in [-0.1, -0.05) is 12.1 Å². The van der Waals surface area contributed by atoms with Gasteiger partial charge in [-0.15, -0.1) is 0 Å². The molecule has 0 spiro atoms. The van der Waals surface area contributed by atoms with E-state index in [2.05, 4.69) is 6.07 Å². The van der Waals surface area contributed by atoms with Gasteiger partial charge in [0.25, 0.3) is 0 Å². The second-order valence-electron chi connectivity index (χ2n) is 4.33. The van der Waals surface area contributed by atoms with Gasteiger partial charge in [-0.25, -0.2) is 0 Å². The first kappa shape index (κ1) is 13.3. The molecule has 0 radical (unpaired) electrons. The van der Waals surface area contributed by atoms with Crippen molar-refractivity contribution in [1.29, 1.82) is 5.26 Å². The van der Waals surface area contributed by atoms with Crippen LogP contribution in [0.2, 0.25) is 0 Å². The third-order valence-corrected chi connectivity index (χ3v) is 4.34. The highest BCUT2D eigenvalue weighted by Gasteiger charge is 2.09. The summed E-state index contributed by atoms with van der Waals surface area (Å²) in [6, 6.07) is 14.7. The van der Waals surface area contributed by atoms with E-state index in [-0.39, 0.29) is 0 Å². The molecule has 4 heteroatoms. The van der Waals surface area contributed by atoms with Crippen LogP contribution in [0.4, 0.5) is 5.69 Å². The van der Waals surface area contributed by atoms with Crippen LogP contribution in [0.1, 0.15) is 16.7 Å². The lowest BCUT2D eigenvalue weighted by Crippen LogP contribution is -2.00. The molecule has 3 nitrogen and oxygen atoms in total. The van der Waals surface area contributed by atoms with E-state index in [9.17, 15) is 4.21 Å². The van der Waals surface area contributed by atoms with Crippen LogP contribution in [0.5, 0.6) is 0 Å². The highest BCUT2D eigenvalue weighted by Crippen LogP contribution is 2.19. The maximum Gasteiger partial charge on any atom is 0.0991 e. The summed E-state index contributed by atoms with van der Waals surface area (Å²) in [5.74, 6) is 0.403. The van der Waals surface area contributed by atoms with Crippen LogP contribution >= 0.6 is 0 Å². The Morgan fingerprint density at radius 1 is 1.26 bits per heavy atom. The van der Waals surface area contributed by atoms with E-state index in [0.717, 1.165) is 16.0 Å². The minimum Gasteiger partial charge on any atom is -0.399 e. The van der Waals surface area contributed by atoms with E-state index < -0.39 is 10.8 Å². The number of hydrogen-bond donors (Lipinski definition) is 1. The third-order valence-electron chi connectivity index (χ3n) is 2.80. The lowest BCUT2D eigenvalue weighted by atomic mass is 10.2. The molecule has 0 amide bonds. The van der Waals surface area contributed by atoms with Gasteiger partial charge in [0.1, 0.15) is 0 Å². The molecule has 0 aliphatic rings. The minimum atomic E-state index is -1.13. The predicted octanol–water partition coefficient (Wildman–Crippen LogP) is 2.76. The number of nitrogens with two attached hydrogens (primary N) is 1. The fourth-order valence-corrected chi connectivity index (χ4v) is 3.16. The quantitative estimate of drug-likeness (QED) is 0.872. The largest absolute Gasteiger partial charge is 0.399 e. The number of rotatable bonds is 3. The smallest absolute Gasteiger partial charge is 0.0991 e. The van der Waals surface area contributed by atoms with Crippen molar-refractivity contribution in [3.05, 3.63) is 59.2 Å². The van der Waals surface area contributed by atoms with Gasteiger partial charge in [-0.3, -0.25) is 4.21 Å². The standard InChI is InChI=1S/C15H14N2OS/c1-11-7-14(17)5-6-15(11)19(18)10-13-4-2-3-12(8-13)9-16/h2-8H,10,17H2,1H3. The Kier molecular flexibility index (Phi) is 3.98. The average Bonchev–Trinajstić information content (AvgIpc) is 2.38. The zero-order chi connectivity index (χ0) is 13.8. The number of benzene rings is 2. The highest BCUT2D eigenvalue weighted by atomic mass is 32.2. The molecule has 2 aromatic rings. The van der Waals surface area contributed by atoms with Crippen molar-refractivity contribution in [3.8, 4) is 6.07 Å². The van der Waals surface area contributed by atoms with Gasteiger partial charge >= 0.3 is 0 Å². The first-order valence-electron chi connectivity index (χ1n) is 5.83. The molecule has 19 heavy (non-hydrogen) atoms. The molecule has 96 valence electrons. The molecule has 2 N–H and O–H groups in total. The Hall–Kier alpha value is -2.12. The fourth-order valence-electron chi connectivity index (χ4n) is 1.89. The first-order valence-corrected chi connectivity index (χ1v) is 7.15. The molecule has 0 saturated carbocycles. The minimum absolute atomic E-state index is 0.403. The van der Waals surface area contributed by atoms with Crippen LogP contribution in [0.3, 0.4) is 0 Å². The van der Waals surface area contributed by atoms with Crippen molar-refractivity contribution in [1.82, 2.24) is 0 Å². The molecule has 2 rings (SSSR count). The van der Waals surface area contributed by atoms with Gasteiger partial charge < -0.3 is 5.73 Å². The molecular weight excluding hydrogens is 256 g/mol. The van der Waals surface area contributed by atoms with E-state index in [1.54, 1.807) is 30.3 Å². The van der Waals surface area contributed by atoms with Gasteiger partial charge in [0, 0.05) is 10.6 Å². The summed E-state index contributed by atoms with van der Waals surface area (Å²) in [6.07, 6.45) is 0. The normalized spacial score (nSPS) is 11.8. The second-order valence-corrected chi connectivity index (χ2v) is 5.75. The topological polar surface area (TPSA) is 66.9 Å². The van der Waals surface area contributed by atoms with Gasteiger partial charge in [0.15, 0.2) is 0 Å². The summed E-state index contributed by atoms with van der Waals surface area (Å²) >= 11 is 0. The monoisotopic (exact) mass is 270 g/mol. The molecule has 1 unspecified atom stereocenters. The van der Waals surface area contributed by atoms with Crippen LogP contribution in [0.25, 0.3) is 0 Å². The van der Waals surface area contributed by atoms with E-state index in [0.29, 0.717) is 17.0 Å². The predicted molar refractivity (Wildman–Crippen MR) is 76.9 cm³/mol. The lowest BCUT2D eigenvalue weighted by molar-refractivity contribution is 0.682. The van der Waals surface area contributed by atoms with E-state index in [1.807, 2.05) is 19.1 Å². The van der Waals surface area contributed by atoms with E-state index in [4.69, 9.17) is 11.0 Å². The fraction of sp³-hybridized carbons (Fsp3) is 0.133. The van der Waals surface area contributed by atoms with Gasteiger partial charge in [0.05, 0.1) is 28.2 Å². The van der Waals surface area contributed by atoms with Crippen LogP contribution in [-0.2, 0) is 16.6 Å². The molecule has 2 aromatic carbocycles. The zero-order valence-corrected chi connectivity index (χ0v) is 11.4. The van der Waals surface area contributed by atoms with E-state index >= 15 is 0 Å². The average molecular weight is 270 g/mol. The number of hydrogen-bond acceptors (Lipinski definition) is 3. The maximum atomic E-state index is 12.3. The molecule has 0 saturated heterocycles. The molecule has 0 aliphatic carbocycles. The van der Waals surface area contributed by atoms with E-state index in [1.165, 1.54) is 0 Å². The van der Waals surface area contributed by atoms with Crippen LogP contribution in [0.15, 0.2) is 47.4 Å². The van der Waals surface area contributed by atoms with Crippen molar-refractivity contribution < 1.29 is 4.21 Å². The number of nitriles is 1. The van der Waals surface area contributed by atoms with Crippen molar-refractivity contribution >= 4 is 16.5 Å². The van der Waals surface area contributed by atoms with Crippen LogP contribution in [0, 0.1) is 18.3 Å². The highest BCUT2D eigenvalue weighted by molar-refractivity contribution is 7.84. The Balaban J connectivity index is 2.23. The zero-order valence-electron chi connectivity index (χ0n) is 10.6. The molecule has 1 atom stereocenters. The lowest BCUT2D eigenvalue weighted by Gasteiger charge is -2.07. The molecule has 0 bridgehead atoms. The summed E-state index contributed by atoms with van der Waals surface area (Å²) in [5.41, 5.74) is 8.76. The van der Waals surface area contributed by atoms with Gasteiger partial charge in [-0.05, 0) is 48.4 Å². The van der Waals surface area contributed by atoms with Gasteiger partial charge in [0.2, 0.25) is 0 Å². The maximum absolute atomic E-state index is 12.3. The molecule has 0 aromatic heterocycles. The molecular formula is C15H14N2OS. The van der Waals surface area contributed by atoms with Crippen molar-refractivity contribution in [3.63, 3.8) is 0 Å². The Morgan fingerprint density at radius 3 is 2.74 bits per heavy atom. The Morgan fingerprint density at radius 2 is 2.05 bits per heavy atom. The third kappa shape index (κ3) is 3.21. The van der Waals surface area contributed by atoms with Crippen molar-refractivity contribution in [2.45, 2.75) is 17.6 Å². The Labute approximate surface area is 115 Å². The van der Waals surface area contributed by atoms with Crippen molar-refractivity contribution in [2.75, 3.05) is 5.73 Å². The molecule has 0 heterocycles. The number of nitrogens with zero attached hydrogens (tertiary/aromatic N) is 1. The Bertz CT molecular complexity index is 674. The number of nitrogen functional groups attached to an aromatic ring is 1. The summed E-state index contributed by atoms with van der Waals surface area (Å²) in [6.45, 7) is 1.90. The summed E-state index contributed by atoms with van der Waals surface area (Å²) in [5, 5.41) is 8.85. The van der Waals surface area contributed by atoms with Crippen LogP contribution < -0.4 is 5.73 Å². The molecule has 0 fully saturated rings. The summed E-state index contributed by atoms with van der Waals surface area (Å²) in [4.78, 5) is 0.788. The number of anilines is 1. The van der Waals surface area contributed by atoms with Gasteiger partial charge in [-0.2, -0.15) is 5.26 Å². The second kappa shape index (κ2) is 5.68. The summed E-state index contributed by atoms with van der Waals surface area (Å²) < 4.78 is 12.3.